The maximum atomic E-state index is 11.9. The summed E-state index contributed by atoms with van der Waals surface area (Å²) in [6.07, 6.45) is 0. The lowest BCUT2D eigenvalue weighted by Crippen LogP contribution is -2.35. The van der Waals surface area contributed by atoms with Crippen LogP contribution in [0.25, 0.3) is 0 Å². The monoisotopic (exact) mass is 307 g/mol. The van der Waals surface area contributed by atoms with Crippen molar-refractivity contribution in [2.24, 2.45) is 0 Å². The Labute approximate surface area is 104 Å². The Hall–Kier alpha value is -0.430. The van der Waals surface area contributed by atoms with Crippen molar-refractivity contribution >= 4 is 26.0 Å². The summed E-state index contributed by atoms with van der Waals surface area (Å²) in [6, 6.07) is 4.49. The molecule has 1 rings (SSSR count). The van der Waals surface area contributed by atoms with E-state index in [1.165, 1.54) is 6.07 Å². The van der Waals surface area contributed by atoms with E-state index in [-0.39, 0.29) is 11.5 Å². The molecule has 0 aromatic heterocycles. The summed E-state index contributed by atoms with van der Waals surface area (Å²) in [6.45, 7) is 3.24. The third-order valence-corrected chi connectivity index (χ3v) is 4.57. The van der Waals surface area contributed by atoms with Gasteiger partial charge >= 0.3 is 0 Å². The average Bonchev–Trinajstić information content (AvgIpc) is 2.16. The van der Waals surface area contributed by atoms with E-state index in [2.05, 4.69) is 20.7 Å². The number of aliphatic hydroxyl groups is 1. The summed E-state index contributed by atoms with van der Waals surface area (Å²) >= 11 is 3.21. The van der Waals surface area contributed by atoms with Crippen molar-refractivity contribution in [3.63, 3.8) is 0 Å². The molecule has 0 aliphatic carbocycles. The van der Waals surface area contributed by atoms with Crippen molar-refractivity contribution in [2.45, 2.75) is 24.8 Å². The van der Waals surface area contributed by atoms with E-state index in [4.69, 9.17) is 5.11 Å². The highest BCUT2D eigenvalue weighted by molar-refractivity contribution is 9.10. The number of halogens is 1. The van der Waals surface area contributed by atoms with Crippen LogP contribution in [0.1, 0.15) is 12.5 Å². The van der Waals surface area contributed by atoms with Gasteiger partial charge < -0.3 is 5.11 Å². The normalized spacial score (nSPS) is 13.8. The van der Waals surface area contributed by atoms with Crippen molar-refractivity contribution in [3.05, 3.63) is 28.2 Å². The fraction of sp³-hybridized carbons (Fsp3) is 0.400. The van der Waals surface area contributed by atoms with Crippen LogP contribution in [0.3, 0.4) is 0 Å². The molecule has 0 aliphatic rings. The van der Waals surface area contributed by atoms with Gasteiger partial charge in [-0.1, -0.05) is 6.07 Å². The highest BCUT2D eigenvalue weighted by Crippen LogP contribution is 2.22. The van der Waals surface area contributed by atoms with Gasteiger partial charge in [0.15, 0.2) is 0 Å². The van der Waals surface area contributed by atoms with Crippen LogP contribution in [0.4, 0.5) is 0 Å². The highest BCUT2D eigenvalue weighted by atomic mass is 79.9. The molecule has 6 heteroatoms. The number of aryl methyl sites for hydroxylation is 1. The van der Waals surface area contributed by atoms with Gasteiger partial charge in [0.2, 0.25) is 10.0 Å². The molecular weight excluding hydrogens is 294 g/mol. The molecule has 0 aliphatic heterocycles. The first-order chi connectivity index (χ1) is 7.36. The van der Waals surface area contributed by atoms with Gasteiger partial charge in [-0.3, -0.25) is 0 Å². The quantitative estimate of drug-likeness (QED) is 0.884. The second-order valence-electron chi connectivity index (χ2n) is 3.64. The number of aliphatic hydroxyl groups excluding tert-OH is 1. The molecule has 90 valence electrons. The van der Waals surface area contributed by atoms with Crippen molar-refractivity contribution in [3.8, 4) is 0 Å². The molecule has 0 saturated carbocycles. The van der Waals surface area contributed by atoms with Gasteiger partial charge in [-0.25, -0.2) is 13.1 Å². The zero-order valence-electron chi connectivity index (χ0n) is 9.07. The van der Waals surface area contributed by atoms with Gasteiger partial charge in [0.25, 0.3) is 0 Å². The zero-order chi connectivity index (χ0) is 12.3. The van der Waals surface area contributed by atoms with Gasteiger partial charge in [0.1, 0.15) is 0 Å². The average molecular weight is 308 g/mol. The smallest absolute Gasteiger partial charge is 0.242 e. The lowest BCUT2D eigenvalue weighted by Gasteiger charge is -2.12. The lowest BCUT2D eigenvalue weighted by molar-refractivity contribution is 0.265. The Morgan fingerprint density at radius 1 is 1.50 bits per heavy atom. The summed E-state index contributed by atoms with van der Waals surface area (Å²) in [5.74, 6) is 0. The third kappa shape index (κ3) is 3.28. The van der Waals surface area contributed by atoms with E-state index in [1.807, 2.05) is 6.92 Å². The van der Waals surface area contributed by atoms with Crippen LogP contribution in [0.2, 0.25) is 0 Å². The SMILES string of the molecule is Cc1ccc(S(=O)(=O)N[C@H](C)CO)c(Br)c1. The molecule has 2 N–H and O–H groups in total. The standard InChI is InChI=1S/C10H14BrNO3S/c1-7-3-4-10(9(11)5-7)16(14,15)12-8(2)6-13/h3-5,8,12-13H,6H2,1-2H3/t8-/m1/s1. The number of nitrogens with one attached hydrogen (secondary N) is 1. The molecule has 0 unspecified atom stereocenters. The maximum Gasteiger partial charge on any atom is 0.242 e. The van der Waals surface area contributed by atoms with Crippen LogP contribution in [-0.4, -0.2) is 26.2 Å². The van der Waals surface area contributed by atoms with Crippen molar-refractivity contribution in [1.29, 1.82) is 0 Å². The highest BCUT2D eigenvalue weighted by Gasteiger charge is 2.19. The molecule has 16 heavy (non-hydrogen) atoms. The van der Waals surface area contributed by atoms with E-state index in [9.17, 15) is 8.42 Å². The first-order valence-corrected chi connectivity index (χ1v) is 7.04. The van der Waals surface area contributed by atoms with Gasteiger partial charge in [0, 0.05) is 10.5 Å². The van der Waals surface area contributed by atoms with Crippen molar-refractivity contribution < 1.29 is 13.5 Å². The minimum Gasteiger partial charge on any atom is -0.395 e. The number of hydrogen-bond donors (Lipinski definition) is 2. The lowest BCUT2D eigenvalue weighted by atomic mass is 10.2. The van der Waals surface area contributed by atoms with E-state index in [0.717, 1.165) is 5.56 Å². The van der Waals surface area contributed by atoms with Crippen LogP contribution in [-0.2, 0) is 10.0 Å². The Bertz CT molecular complexity index is 473. The zero-order valence-corrected chi connectivity index (χ0v) is 11.5. The first kappa shape index (κ1) is 13.6. The summed E-state index contributed by atoms with van der Waals surface area (Å²) < 4.78 is 26.7. The summed E-state index contributed by atoms with van der Waals surface area (Å²) in [4.78, 5) is 0.179. The molecule has 1 aromatic carbocycles. The number of benzene rings is 1. The predicted octanol–water partition coefficient (Wildman–Crippen LogP) is 1.42. The first-order valence-electron chi connectivity index (χ1n) is 4.76. The molecule has 0 bridgehead atoms. The number of sulfonamides is 1. The van der Waals surface area contributed by atoms with Crippen LogP contribution < -0.4 is 4.72 Å². The Morgan fingerprint density at radius 2 is 2.12 bits per heavy atom. The molecule has 0 amide bonds. The molecule has 1 atom stereocenters. The molecular formula is C10H14BrNO3S. The largest absolute Gasteiger partial charge is 0.395 e. The van der Waals surface area contributed by atoms with Crippen LogP contribution in [0.15, 0.2) is 27.6 Å². The summed E-state index contributed by atoms with van der Waals surface area (Å²) in [5, 5.41) is 8.82. The molecule has 0 heterocycles. The molecule has 0 radical (unpaired) electrons. The molecule has 0 fully saturated rings. The summed E-state index contributed by atoms with van der Waals surface area (Å²) in [5.41, 5.74) is 0.973. The number of rotatable bonds is 4. The van der Waals surface area contributed by atoms with E-state index in [0.29, 0.717) is 4.47 Å². The predicted molar refractivity (Wildman–Crippen MR) is 65.7 cm³/mol. The van der Waals surface area contributed by atoms with Gasteiger partial charge in [-0.2, -0.15) is 0 Å². The van der Waals surface area contributed by atoms with Crippen molar-refractivity contribution in [2.75, 3.05) is 6.61 Å². The molecule has 1 aromatic rings. The maximum absolute atomic E-state index is 11.9. The second-order valence-corrected chi connectivity index (χ2v) is 6.18. The third-order valence-electron chi connectivity index (χ3n) is 2.01. The topological polar surface area (TPSA) is 66.4 Å². The number of hydrogen-bond acceptors (Lipinski definition) is 3. The molecule has 0 saturated heterocycles. The molecule has 4 nitrogen and oxygen atoms in total. The minimum absolute atomic E-state index is 0.179. The Morgan fingerprint density at radius 3 is 2.62 bits per heavy atom. The van der Waals surface area contributed by atoms with Gasteiger partial charge in [-0.05, 0) is 47.5 Å². The second kappa shape index (κ2) is 5.27. The fourth-order valence-corrected chi connectivity index (χ4v) is 3.62. The van der Waals surface area contributed by atoms with Crippen LogP contribution in [0, 0.1) is 6.92 Å². The van der Waals surface area contributed by atoms with Crippen LogP contribution in [0.5, 0.6) is 0 Å². The van der Waals surface area contributed by atoms with Crippen molar-refractivity contribution in [1.82, 2.24) is 4.72 Å². The van der Waals surface area contributed by atoms with E-state index < -0.39 is 16.1 Å². The fourth-order valence-electron chi connectivity index (χ4n) is 1.19. The summed E-state index contributed by atoms with van der Waals surface area (Å²) in [7, 11) is -3.58. The Balaban J connectivity index is 3.08. The van der Waals surface area contributed by atoms with E-state index >= 15 is 0 Å². The van der Waals surface area contributed by atoms with Crippen LogP contribution >= 0.6 is 15.9 Å². The van der Waals surface area contributed by atoms with Gasteiger partial charge in [-0.15, -0.1) is 0 Å². The Kier molecular flexibility index (Phi) is 4.49. The van der Waals surface area contributed by atoms with Gasteiger partial charge in [0.05, 0.1) is 11.5 Å². The van der Waals surface area contributed by atoms with E-state index in [1.54, 1.807) is 19.1 Å². The molecule has 0 spiro atoms. The minimum atomic E-state index is -3.58.